The Hall–Kier alpha value is -2.34. The summed E-state index contributed by atoms with van der Waals surface area (Å²) in [6, 6.07) is 8.46. The minimum atomic E-state index is -0.525. The largest absolute Gasteiger partial charge is 0.460 e. The number of hydrogen-bond donors (Lipinski definition) is 2. The Balaban J connectivity index is 2.13. The number of ether oxygens (including phenoxy) is 2. The number of amides is 2. The molecule has 1 aromatic carbocycles. The van der Waals surface area contributed by atoms with E-state index in [0.717, 1.165) is 5.56 Å². The SMILES string of the molecule is CC1=C(C(=O)OCCOC(C)C)[C@@H](c2ccccc2)NC(=O)N1. The van der Waals surface area contributed by atoms with Gasteiger partial charge in [0.05, 0.1) is 24.3 Å². The highest BCUT2D eigenvalue weighted by Crippen LogP contribution is 2.27. The molecule has 0 aromatic heterocycles. The molecule has 1 aliphatic rings. The van der Waals surface area contributed by atoms with Gasteiger partial charge in [-0.15, -0.1) is 0 Å². The number of carbonyl (C=O) groups is 2. The predicted molar refractivity (Wildman–Crippen MR) is 85.6 cm³/mol. The molecule has 0 saturated heterocycles. The number of rotatable bonds is 6. The van der Waals surface area contributed by atoms with Crippen molar-refractivity contribution in [2.45, 2.75) is 32.9 Å². The zero-order valence-electron chi connectivity index (χ0n) is 13.6. The number of nitrogens with one attached hydrogen (secondary N) is 2. The van der Waals surface area contributed by atoms with Gasteiger partial charge in [0.15, 0.2) is 0 Å². The van der Waals surface area contributed by atoms with E-state index in [4.69, 9.17) is 9.47 Å². The first-order valence-electron chi connectivity index (χ1n) is 7.61. The fraction of sp³-hybridized carbons (Fsp3) is 0.412. The minimum absolute atomic E-state index is 0.0855. The van der Waals surface area contributed by atoms with Gasteiger partial charge in [0.25, 0.3) is 0 Å². The monoisotopic (exact) mass is 318 g/mol. The molecule has 1 heterocycles. The summed E-state index contributed by atoms with van der Waals surface area (Å²) in [5, 5.41) is 5.38. The third-order valence-electron chi connectivity index (χ3n) is 3.39. The van der Waals surface area contributed by atoms with E-state index in [1.54, 1.807) is 6.92 Å². The van der Waals surface area contributed by atoms with Crippen LogP contribution in [-0.2, 0) is 14.3 Å². The van der Waals surface area contributed by atoms with Crippen molar-refractivity contribution < 1.29 is 19.1 Å². The lowest BCUT2D eigenvalue weighted by Crippen LogP contribution is -2.45. The van der Waals surface area contributed by atoms with E-state index in [0.29, 0.717) is 17.9 Å². The summed E-state index contributed by atoms with van der Waals surface area (Å²) in [7, 11) is 0. The third-order valence-corrected chi connectivity index (χ3v) is 3.39. The van der Waals surface area contributed by atoms with Crippen molar-refractivity contribution in [3.8, 4) is 0 Å². The Labute approximate surface area is 135 Å². The molecule has 0 bridgehead atoms. The van der Waals surface area contributed by atoms with E-state index < -0.39 is 12.0 Å². The van der Waals surface area contributed by atoms with Crippen LogP contribution in [0, 0.1) is 0 Å². The van der Waals surface area contributed by atoms with Gasteiger partial charge in [0.1, 0.15) is 6.61 Å². The van der Waals surface area contributed by atoms with Crippen LogP contribution < -0.4 is 10.6 Å². The summed E-state index contributed by atoms with van der Waals surface area (Å²) in [6.45, 7) is 6.03. The summed E-state index contributed by atoms with van der Waals surface area (Å²) in [4.78, 5) is 24.1. The maximum Gasteiger partial charge on any atom is 0.338 e. The van der Waals surface area contributed by atoms with E-state index in [-0.39, 0.29) is 18.7 Å². The molecule has 124 valence electrons. The van der Waals surface area contributed by atoms with Crippen molar-refractivity contribution in [3.05, 3.63) is 47.2 Å². The molecule has 23 heavy (non-hydrogen) atoms. The van der Waals surface area contributed by atoms with Crippen LogP contribution in [-0.4, -0.2) is 31.3 Å². The zero-order valence-corrected chi connectivity index (χ0v) is 13.6. The standard InChI is InChI=1S/C17H22N2O4/c1-11(2)22-9-10-23-16(20)14-12(3)18-17(21)19-15(14)13-7-5-4-6-8-13/h4-8,11,15H,9-10H2,1-3H3,(H2,18,19,21)/t15-/m1/s1. The summed E-state index contributed by atoms with van der Waals surface area (Å²) in [5.41, 5.74) is 1.73. The van der Waals surface area contributed by atoms with Gasteiger partial charge in [-0.1, -0.05) is 30.3 Å². The maximum absolute atomic E-state index is 12.4. The summed E-state index contributed by atoms with van der Waals surface area (Å²) in [5.74, 6) is -0.462. The van der Waals surface area contributed by atoms with Gasteiger partial charge in [0.2, 0.25) is 0 Å². The highest BCUT2D eigenvalue weighted by Gasteiger charge is 2.31. The van der Waals surface area contributed by atoms with Gasteiger partial charge in [-0.2, -0.15) is 0 Å². The van der Waals surface area contributed by atoms with Crippen LogP contribution in [0.4, 0.5) is 4.79 Å². The molecule has 0 aliphatic carbocycles. The van der Waals surface area contributed by atoms with E-state index >= 15 is 0 Å². The second-order valence-corrected chi connectivity index (χ2v) is 5.54. The number of carbonyl (C=O) groups excluding carboxylic acids is 2. The molecule has 1 aliphatic heterocycles. The molecular weight excluding hydrogens is 296 g/mol. The lowest BCUT2D eigenvalue weighted by Gasteiger charge is -2.28. The first-order valence-corrected chi connectivity index (χ1v) is 7.61. The van der Waals surface area contributed by atoms with Crippen molar-refractivity contribution in [1.29, 1.82) is 0 Å². The molecule has 0 saturated carbocycles. The van der Waals surface area contributed by atoms with Crippen LogP contribution in [0.3, 0.4) is 0 Å². The Morgan fingerprint density at radius 2 is 1.91 bits per heavy atom. The average Bonchev–Trinajstić information content (AvgIpc) is 2.51. The summed E-state index contributed by atoms with van der Waals surface area (Å²) in [6.07, 6.45) is 0.0855. The third kappa shape index (κ3) is 4.56. The van der Waals surface area contributed by atoms with Gasteiger partial charge in [-0.25, -0.2) is 9.59 Å². The number of urea groups is 1. The molecule has 1 aromatic rings. The van der Waals surface area contributed by atoms with Crippen molar-refractivity contribution in [1.82, 2.24) is 10.6 Å². The number of benzene rings is 1. The molecule has 2 amide bonds. The van der Waals surface area contributed by atoms with Crippen molar-refractivity contribution in [2.24, 2.45) is 0 Å². The Morgan fingerprint density at radius 3 is 2.57 bits per heavy atom. The predicted octanol–water partition coefficient (Wildman–Crippen LogP) is 2.28. The van der Waals surface area contributed by atoms with E-state index in [1.807, 2.05) is 44.2 Å². The Kier molecular flexibility index (Phi) is 5.76. The molecule has 2 N–H and O–H groups in total. The zero-order chi connectivity index (χ0) is 16.8. The van der Waals surface area contributed by atoms with Crippen LogP contribution in [0.2, 0.25) is 0 Å². The fourth-order valence-electron chi connectivity index (χ4n) is 2.36. The molecule has 0 fully saturated rings. The van der Waals surface area contributed by atoms with E-state index in [2.05, 4.69) is 10.6 Å². The number of esters is 1. The molecule has 2 rings (SSSR count). The van der Waals surface area contributed by atoms with Crippen LogP contribution in [0.25, 0.3) is 0 Å². The van der Waals surface area contributed by atoms with Crippen LogP contribution in [0.1, 0.15) is 32.4 Å². The van der Waals surface area contributed by atoms with Crippen LogP contribution in [0.15, 0.2) is 41.6 Å². The molecular formula is C17H22N2O4. The molecule has 0 spiro atoms. The summed E-state index contributed by atoms with van der Waals surface area (Å²) < 4.78 is 10.6. The molecule has 0 radical (unpaired) electrons. The minimum Gasteiger partial charge on any atom is -0.460 e. The molecule has 0 unspecified atom stereocenters. The average molecular weight is 318 g/mol. The molecule has 6 heteroatoms. The Morgan fingerprint density at radius 1 is 1.22 bits per heavy atom. The smallest absolute Gasteiger partial charge is 0.338 e. The normalized spacial score (nSPS) is 17.7. The fourth-order valence-corrected chi connectivity index (χ4v) is 2.36. The van der Waals surface area contributed by atoms with Gasteiger partial charge in [-0.3, -0.25) is 0 Å². The first-order chi connectivity index (χ1) is 11.0. The van der Waals surface area contributed by atoms with Gasteiger partial charge < -0.3 is 20.1 Å². The van der Waals surface area contributed by atoms with Gasteiger partial charge >= 0.3 is 12.0 Å². The van der Waals surface area contributed by atoms with Crippen molar-refractivity contribution in [2.75, 3.05) is 13.2 Å². The molecule has 6 nitrogen and oxygen atoms in total. The van der Waals surface area contributed by atoms with Crippen LogP contribution >= 0.6 is 0 Å². The van der Waals surface area contributed by atoms with Crippen molar-refractivity contribution >= 4 is 12.0 Å². The number of allylic oxidation sites excluding steroid dienone is 1. The lowest BCUT2D eigenvalue weighted by atomic mass is 9.96. The second-order valence-electron chi connectivity index (χ2n) is 5.54. The maximum atomic E-state index is 12.4. The lowest BCUT2D eigenvalue weighted by molar-refractivity contribution is -0.141. The quantitative estimate of drug-likeness (QED) is 0.623. The van der Waals surface area contributed by atoms with E-state index in [1.165, 1.54) is 0 Å². The van der Waals surface area contributed by atoms with Gasteiger partial charge in [-0.05, 0) is 26.3 Å². The van der Waals surface area contributed by atoms with E-state index in [9.17, 15) is 9.59 Å². The number of hydrogen-bond acceptors (Lipinski definition) is 4. The highest BCUT2D eigenvalue weighted by atomic mass is 16.6. The first kappa shape index (κ1) is 17.0. The highest BCUT2D eigenvalue weighted by molar-refractivity contribution is 5.95. The van der Waals surface area contributed by atoms with Crippen molar-refractivity contribution in [3.63, 3.8) is 0 Å². The van der Waals surface area contributed by atoms with Gasteiger partial charge in [0, 0.05) is 5.70 Å². The summed E-state index contributed by atoms with van der Waals surface area (Å²) >= 11 is 0. The topological polar surface area (TPSA) is 76.7 Å². The van der Waals surface area contributed by atoms with Crippen LogP contribution in [0.5, 0.6) is 0 Å². The Bertz CT molecular complexity index is 596. The second kappa shape index (κ2) is 7.78. The molecule has 1 atom stereocenters.